The molecule has 3 aromatic rings. The van der Waals surface area contributed by atoms with Crippen molar-refractivity contribution >= 4 is 111 Å². The Balaban J connectivity index is 0.722. The summed E-state index contributed by atoms with van der Waals surface area (Å²) in [6, 6.07) is 4.30. The number of aromatic nitrogens is 1. The standard InChI is InChI=1S/C82H108N14O17S2/c1-6-17-50-40-52-41-53-42-60(84-7-2)49(4)39-58(53)73(57(52)38-48(50)3)55-19-8-9-20-56(55)80(109)92(5)32-16-25-67(99)93-33-13-22-63(93)77(106)86-30-11-10-21-59(81(110)95-35-15-24-65(95)79(108)90-61(43-70(101)102)76(105)91-62(82(111)112)44-71(103)104)89-78(107)64-23-14-34-94(64)68(100)29-37-115-114-36-28-66(98)85-31-12-18-51-45-96(69-27-26-54(46-97)113-69)75-72(51)74(83)87-47-88-75/h8-9,19-20,38-40,42,45,47,54,58-59,61-65,69,73-74,97H,6-7,10-11,13-17,21-37,41,43-44,46,83H2,1-5H3,(H,85,98)(H,86,106)(H,87,88)(H,89,107)(H,90,108)(H,91,105)(H,101,102)(H,103,104)(H,111,112)/t54?,58?,59?,61?,62?,63?,64?,65?,69-,73?,74?/m1/s1. The Labute approximate surface area is 677 Å². The summed E-state index contributed by atoms with van der Waals surface area (Å²) < 4.78 is 7.90. The van der Waals surface area contributed by atoms with Gasteiger partial charge in [0.1, 0.15) is 54.5 Å². The second-order valence-electron chi connectivity index (χ2n) is 30.2. The summed E-state index contributed by atoms with van der Waals surface area (Å²) in [5.74, 6) is -2.27. The molecule has 6 heterocycles. The number of carbonyl (C=O) groups excluding carboxylic acids is 9. The van der Waals surface area contributed by atoms with Crippen LogP contribution in [0, 0.1) is 24.7 Å². The van der Waals surface area contributed by atoms with Gasteiger partial charge in [0.15, 0.2) is 0 Å². The van der Waals surface area contributed by atoms with Gasteiger partial charge in [-0.1, -0.05) is 88.8 Å². The predicted molar refractivity (Wildman–Crippen MR) is 433 cm³/mol. The molecule has 4 saturated heterocycles. The Bertz CT molecular complexity index is 4340. The molecule has 7 aliphatic rings. The fraction of sp³-hybridized carbons (Fsp3) is 0.561. The number of likely N-dealkylation sites (tertiary alicyclic amines) is 3. The summed E-state index contributed by atoms with van der Waals surface area (Å²) >= 11 is 0. The van der Waals surface area contributed by atoms with Crippen LogP contribution in [-0.4, -0.2) is 241 Å². The van der Waals surface area contributed by atoms with Gasteiger partial charge < -0.3 is 87.0 Å². The number of ether oxygens (including phenoxy) is 1. The smallest absolute Gasteiger partial charge is 0.326 e. The van der Waals surface area contributed by atoms with Gasteiger partial charge in [-0.25, -0.2) is 4.79 Å². The first kappa shape index (κ1) is 87.5. The molecule has 11 atom stereocenters. The number of carbonyl (C=O) groups is 12. The van der Waals surface area contributed by atoms with Crippen LogP contribution in [0.25, 0.3) is 0 Å². The molecule has 4 fully saturated rings. The van der Waals surface area contributed by atoms with Crippen molar-refractivity contribution in [3.8, 4) is 11.8 Å². The SMILES string of the molecule is CCCc1cc2c(cc1C)C(c1ccccc1C(=O)N(C)CCCC(=O)N1CCCC1C(=O)NCCCCC(NC(=O)C1CCCN1C(=O)CCSSCCC(=O)NCC#Cc1cn([C@H]3CCC(CO)O3)c3c1C(N)N=CN3)C(=O)N1CCCC1C(=O)NC(CC(=O)O)C(=O)NC(CC(=O)O)C(=O)O)C1C=C(C)C(=NCC)C=C1C2. The van der Waals surface area contributed by atoms with Gasteiger partial charge >= 0.3 is 17.9 Å². The number of carboxylic acid groups (broad SMARTS) is 3. The van der Waals surface area contributed by atoms with E-state index in [1.54, 1.807) is 16.8 Å². The molecular weight excluding hydrogens is 1520 g/mol. The van der Waals surface area contributed by atoms with Crippen molar-refractivity contribution in [3.63, 3.8) is 0 Å². The number of allylic oxidation sites excluding steroid dienone is 4. The molecule has 0 bridgehead atoms. The topological polar surface area (TPSA) is 436 Å². The largest absolute Gasteiger partial charge is 0.481 e. The third-order valence-corrected chi connectivity index (χ3v) is 24.6. The fourth-order valence-corrected chi connectivity index (χ4v) is 18.4. The monoisotopic (exact) mass is 1620 g/mol. The van der Waals surface area contributed by atoms with Gasteiger partial charge in [-0.15, -0.1) is 0 Å². The Morgan fingerprint density at radius 2 is 1.43 bits per heavy atom. The van der Waals surface area contributed by atoms with Gasteiger partial charge in [-0.05, 0) is 156 Å². The Kier molecular flexibility index (Phi) is 31.7. The van der Waals surface area contributed by atoms with E-state index in [1.165, 1.54) is 65.6 Å². The lowest BCUT2D eigenvalue weighted by molar-refractivity contribution is -0.148. The van der Waals surface area contributed by atoms with E-state index in [2.05, 4.69) is 94.5 Å². The highest BCUT2D eigenvalue weighted by Crippen LogP contribution is 2.48. The molecular formula is C82H108N14O17S2. The molecule has 33 heteroatoms. The molecule has 0 saturated carbocycles. The number of nitrogens with two attached hydrogens (primary N) is 1. The quantitative estimate of drug-likeness (QED) is 0.0195. The highest BCUT2D eigenvalue weighted by Gasteiger charge is 2.44. The lowest BCUT2D eigenvalue weighted by atomic mass is 9.65. The van der Waals surface area contributed by atoms with E-state index in [9.17, 15) is 78.0 Å². The molecule has 2 aliphatic carbocycles. The molecule has 31 nitrogen and oxygen atoms in total. The molecule has 10 rings (SSSR count). The van der Waals surface area contributed by atoms with E-state index in [1.807, 2.05) is 41.2 Å². The number of hydrogen-bond donors (Lipinski definition) is 11. The van der Waals surface area contributed by atoms with Crippen molar-refractivity contribution in [3.05, 3.63) is 110 Å². The summed E-state index contributed by atoms with van der Waals surface area (Å²) in [7, 11) is 4.54. The van der Waals surface area contributed by atoms with Crippen molar-refractivity contribution in [1.29, 1.82) is 0 Å². The third-order valence-electron chi connectivity index (χ3n) is 22.2. The lowest BCUT2D eigenvalue weighted by Crippen LogP contribution is -2.58. The molecule has 620 valence electrons. The lowest BCUT2D eigenvalue weighted by Gasteiger charge is -2.38. The average Bonchev–Trinajstić information content (AvgIpc) is 1.68. The molecule has 10 unspecified atom stereocenters. The minimum atomic E-state index is -1.97. The van der Waals surface area contributed by atoms with Crippen molar-refractivity contribution in [1.82, 2.24) is 50.8 Å². The van der Waals surface area contributed by atoms with Crippen LogP contribution in [0.4, 0.5) is 5.82 Å². The maximum absolute atomic E-state index is 14.9. The number of aliphatic hydroxyl groups is 1. The number of nitrogens with one attached hydrogen (secondary N) is 6. The highest BCUT2D eigenvalue weighted by molar-refractivity contribution is 8.76. The van der Waals surface area contributed by atoms with E-state index < -0.39 is 96.8 Å². The first-order valence-electron chi connectivity index (χ1n) is 40.0. The maximum atomic E-state index is 14.9. The molecule has 1 aromatic heterocycles. The van der Waals surface area contributed by atoms with Gasteiger partial charge in [0, 0.05) is 106 Å². The van der Waals surface area contributed by atoms with Crippen LogP contribution < -0.4 is 37.6 Å². The number of anilines is 1. The van der Waals surface area contributed by atoms with Crippen LogP contribution in [-0.2, 0) is 70.3 Å². The van der Waals surface area contributed by atoms with E-state index in [4.69, 9.17) is 15.5 Å². The van der Waals surface area contributed by atoms with Gasteiger partial charge in [0.25, 0.3) is 5.91 Å². The molecule has 115 heavy (non-hydrogen) atoms. The zero-order chi connectivity index (χ0) is 82.6. The number of aliphatic carboxylic acids is 3. The molecule has 0 spiro atoms. The number of benzene rings is 2. The number of amides is 9. The Morgan fingerprint density at radius 1 is 0.765 bits per heavy atom. The van der Waals surface area contributed by atoms with Crippen LogP contribution in [0.5, 0.6) is 0 Å². The van der Waals surface area contributed by atoms with Crippen LogP contribution in [0.3, 0.4) is 0 Å². The highest BCUT2D eigenvalue weighted by atomic mass is 33.1. The molecule has 12 N–H and O–H groups in total. The van der Waals surface area contributed by atoms with Crippen molar-refractivity contribution < 1.29 is 82.7 Å². The Morgan fingerprint density at radius 3 is 2.10 bits per heavy atom. The van der Waals surface area contributed by atoms with E-state index in [-0.39, 0.29) is 151 Å². The van der Waals surface area contributed by atoms with E-state index in [0.717, 1.165) is 36.1 Å². The van der Waals surface area contributed by atoms with E-state index in [0.29, 0.717) is 85.6 Å². The molecule has 5 aliphatic heterocycles. The number of aliphatic imine (C=N–C) groups is 2. The summed E-state index contributed by atoms with van der Waals surface area (Å²) in [5.41, 5.74) is 17.6. The van der Waals surface area contributed by atoms with Crippen LogP contribution in [0.2, 0.25) is 0 Å². The normalized spacial score (nSPS) is 21.7. The molecule has 0 radical (unpaired) electrons. The first-order valence-corrected chi connectivity index (χ1v) is 42.5. The number of rotatable bonds is 37. The van der Waals surface area contributed by atoms with Gasteiger partial charge in [0.2, 0.25) is 47.3 Å². The number of fused-ring (bicyclic) bond motifs is 3. The number of hydrogen-bond acceptors (Lipinski definition) is 20. The summed E-state index contributed by atoms with van der Waals surface area (Å²) in [6.45, 7) is 10.2. The first-order chi connectivity index (χ1) is 55.3. The van der Waals surface area contributed by atoms with Crippen LogP contribution in [0.1, 0.15) is 204 Å². The molecule has 9 amide bonds. The average molecular weight is 1630 g/mol. The van der Waals surface area contributed by atoms with Crippen molar-refractivity contribution in [2.75, 3.05) is 76.3 Å². The number of nitrogens with zero attached hydrogens (tertiary/aromatic N) is 7. The van der Waals surface area contributed by atoms with Gasteiger partial charge in [-0.2, -0.15) is 0 Å². The molecule has 2 aromatic carbocycles. The van der Waals surface area contributed by atoms with Crippen LogP contribution >= 0.6 is 21.6 Å². The Hall–Kier alpha value is -9.88. The minimum Gasteiger partial charge on any atom is -0.481 e. The van der Waals surface area contributed by atoms with Gasteiger partial charge in [0.05, 0.1) is 49.7 Å². The maximum Gasteiger partial charge on any atom is 0.326 e. The predicted octanol–water partition coefficient (Wildman–Crippen LogP) is 5.41. The minimum absolute atomic E-state index is 0.00500. The third kappa shape index (κ3) is 22.4. The van der Waals surface area contributed by atoms with Crippen LogP contribution in [0.15, 0.2) is 75.9 Å². The number of unbranched alkanes of at least 4 members (excludes halogenated alkanes) is 1. The van der Waals surface area contributed by atoms with Crippen molar-refractivity contribution in [2.24, 2.45) is 21.6 Å². The number of carboxylic acids is 3. The van der Waals surface area contributed by atoms with Gasteiger partial charge in [-0.3, -0.25) is 62.7 Å². The van der Waals surface area contributed by atoms with E-state index >= 15 is 0 Å². The summed E-state index contributed by atoms with van der Waals surface area (Å²) in [5, 5.41) is 54.2. The zero-order valence-electron chi connectivity index (χ0n) is 66.0. The second kappa shape index (κ2) is 41.6. The summed E-state index contributed by atoms with van der Waals surface area (Å²) in [6.07, 6.45) is 12.0. The number of aryl methyl sites for hydroxylation is 2. The summed E-state index contributed by atoms with van der Waals surface area (Å²) in [4.78, 5) is 176. The zero-order valence-corrected chi connectivity index (χ0v) is 67.6. The second-order valence-corrected chi connectivity index (χ2v) is 32.9. The van der Waals surface area contributed by atoms with Crippen molar-refractivity contribution in [2.45, 2.75) is 217 Å². The number of aliphatic hydroxyl groups excluding tert-OH is 1. The fourth-order valence-electron chi connectivity index (χ4n) is 16.4.